The lowest BCUT2D eigenvalue weighted by molar-refractivity contribution is -0.116. The average Bonchev–Trinajstić information content (AvgIpc) is 2.79. The summed E-state index contributed by atoms with van der Waals surface area (Å²) in [6, 6.07) is 7.21. The molecule has 128 valence electrons. The van der Waals surface area contributed by atoms with Gasteiger partial charge in [-0.05, 0) is 40.9 Å². The second-order valence-electron chi connectivity index (χ2n) is 5.61. The molecule has 0 radical (unpaired) electrons. The van der Waals surface area contributed by atoms with Crippen molar-refractivity contribution >= 4 is 37.7 Å². The Kier molecular flexibility index (Phi) is 6.58. The topological polar surface area (TPSA) is 69.7 Å². The maximum absolute atomic E-state index is 12.6. The lowest BCUT2D eigenvalue weighted by atomic mass is 10.2. The fourth-order valence-corrected chi connectivity index (χ4v) is 4.28. The van der Waals surface area contributed by atoms with E-state index in [1.807, 2.05) is 12.1 Å². The van der Waals surface area contributed by atoms with E-state index in [0.29, 0.717) is 18.8 Å². The Balaban J connectivity index is 1.98. The quantitative estimate of drug-likeness (QED) is 0.820. The van der Waals surface area contributed by atoms with Gasteiger partial charge in [-0.3, -0.25) is 4.79 Å². The van der Waals surface area contributed by atoms with Crippen LogP contribution in [0.2, 0.25) is 0 Å². The molecule has 1 amide bonds. The first-order valence-corrected chi connectivity index (χ1v) is 9.86. The summed E-state index contributed by atoms with van der Waals surface area (Å²) in [5.41, 5.74) is 0.623. The molecule has 1 heterocycles. The highest BCUT2D eigenvalue weighted by molar-refractivity contribution is 9.10. The predicted molar refractivity (Wildman–Crippen MR) is 94.4 cm³/mol. The van der Waals surface area contributed by atoms with Crippen LogP contribution in [-0.2, 0) is 15.0 Å². The molecule has 1 aliphatic rings. The van der Waals surface area contributed by atoms with E-state index in [2.05, 4.69) is 21.2 Å². The lowest BCUT2D eigenvalue weighted by Gasteiger charge is -2.26. The van der Waals surface area contributed by atoms with Crippen LogP contribution in [0.25, 0.3) is 0 Å². The third-order valence-electron chi connectivity index (χ3n) is 3.80. The Hall–Kier alpha value is -0.960. The Labute approximate surface area is 146 Å². The van der Waals surface area contributed by atoms with Gasteiger partial charge >= 0.3 is 0 Å². The number of nitrogens with one attached hydrogen (secondary N) is 1. The summed E-state index contributed by atoms with van der Waals surface area (Å²) in [7, 11) is -2.14. The summed E-state index contributed by atoms with van der Waals surface area (Å²) in [6.45, 7) is 0.844. The van der Waals surface area contributed by atoms with Crippen molar-refractivity contribution in [1.29, 1.82) is 0 Å². The number of carbonyl (C=O) groups excluding carboxylic acids is 1. The van der Waals surface area contributed by atoms with Crippen LogP contribution in [0.5, 0.6) is 0 Å². The second-order valence-corrected chi connectivity index (χ2v) is 8.49. The molecule has 1 aliphatic heterocycles. The largest absolute Gasteiger partial charge is 0.324 e. The van der Waals surface area contributed by atoms with Gasteiger partial charge in [0, 0.05) is 24.6 Å². The number of para-hydroxylation sites is 1. The minimum atomic E-state index is -3.59. The number of carbonyl (C=O) groups is 1. The number of likely N-dealkylation sites (N-methyl/N-ethyl adjacent to an activating group) is 1. The van der Waals surface area contributed by atoms with Crippen LogP contribution < -0.4 is 5.32 Å². The fraction of sp³-hybridized carbons (Fsp3) is 0.533. The molecule has 2 rings (SSSR count). The standard InChI is InChI=1S/C15H22BrN3O3S/c1-18(23(21,22)19-10-6-2-3-7-11-19)12-15(20)17-14-9-5-4-8-13(14)16/h4-5,8-9H,2-3,6-7,10-12H2,1H3,(H,17,20). The van der Waals surface area contributed by atoms with Crippen LogP contribution in [0.4, 0.5) is 5.69 Å². The molecule has 0 saturated carbocycles. The molecule has 0 aromatic heterocycles. The second kappa shape index (κ2) is 8.23. The van der Waals surface area contributed by atoms with E-state index in [1.165, 1.54) is 11.4 Å². The Morgan fingerprint density at radius 1 is 1.22 bits per heavy atom. The number of hydrogen-bond donors (Lipinski definition) is 1. The van der Waals surface area contributed by atoms with Gasteiger partial charge in [0.2, 0.25) is 5.91 Å². The molecule has 1 aromatic rings. The molecular formula is C15H22BrN3O3S. The number of nitrogens with zero attached hydrogens (tertiary/aromatic N) is 2. The van der Waals surface area contributed by atoms with E-state index >= 15 is 0 Å². The van der Waals surface area contributed by atoms with Gasteiger partial charge in [-0.25, -0.2) is 0 Å². The summed E-state index contributed by atoms with van der Waals surface area (Å²) in [6.07, 6.45) is 3.85. The van der Waals surface area contributed by atoms with E-state index < -0.39 is 10.2 Å². The van der Waals surface area contributed by atoms with Gasteiger partial charge in [0.1, 0.15) is 0 Å². The summed E-state index contributed by atoms with van der Waals surface area (Å²) in [4.78, 5) is 12.1. The lowest BCUT2D eigenvalue weighted by Crippen LogP contribution is -2.45. The summed E-state index contributed by atoms with van der Waals surface area (Å²) in [5.74, 6) is -0.363. The van der Waals surface area contributed by atoms with Crippen LogP contribution in [0.1, 0.15) is 25.7 Å². The number of anilines is 1. The summed E-state index contributed by atoms with van der Waals surface area (Å²) < 4.78 is 28.5. The summed E-state index contributed by atoms with van der Waals surface area (Å²) >= 11 is 3.35. The Bertz CT molecular complexity index is 643. The zero-order valence-electron chi connectivity index (χ0n) is 13.2. The molecule has 1 saturated heterocycles. The first-order valence-electron chi connectivity index (χ1n) is 7.67. The van der Waals surface area contributed by atoms with Gasteiger partial charge in [0.15, 0.2) is 0 Å². The minimum Gasteiger partial charge on any atom is -0.324 e. The molecule has 0 bridgehead atoms. The van der Waals surface area contributed by atoms with Gasteiger partial charge in [-0.2, -0.15) is 17.0 Å². The highest BCUT2D eigenvalue weighted by Gasteiger charge is 2.28. The van der Waals surface area contributed by atoms with E-state index in [1.54, 1.807) is 12.1 Å². The molecule has 8 heteroatoms. The van der Waals surface area contributed by atoms with E-state index in [0.717, 1.165) is 34.5 Å². The van der Waals surface area contributed by atoms with Gasteiger partial charge in [0.25, 0.3) is 10.2 Å². The molecule has 6 nitrogen and oxygen atoms in total. The van der Waals surface area contributed by atoms with Crippen molar-refractivity contribution in [3.8, 4) is 0 Å². The highest BCUT2D eigenvalue weighted by Crippen LogP contribution is 2.21. The number of benzene rings is 1. The molecule has 0 aliphatic carbocycles. The van der Waals surface area contributed by atoms with E-state index in [-0.39, 0.29) is 12.5 Å². The van der Waals surface area contributed by atoms with Crippen LogP contribution >= 0.6 is 15.9 Å². The molecule has 0 unspecified atom stereocenters. The number of amides is 1. The van der Waals surface area contributed by atoms with Crippen molar-refractivity contribution in [3.05, 3.63) is 28.7 Å². The van der Waals surface area contributed by atoms with Crippen LogP contribution in [0.3, 0.4) is 0 Å². The van der Waals surface area contributed by atoms with Crippen molar-refractivity contribution in [2.45, 2.75) is 25.7 Å². The predicted octanol–water partition coefficient (Wildman–Crippen LogP) is 2.44. The van der Waals surface area contributed by atoms with Crippen molar-refractivity contribution in [3.63, 3.8) is 0 Å². The molecule has 0 atom stereocenters. The third kappa shape index (κ3) is 5.00. The molecular weight excluding hydrogens is 382 g/mol. The van der Waals surface area contributed by atoms with Crippen LogP contribution in [0, 0.1) is 0 Å². The zero-order valence-corrected chi connectivity index (χ0v) is 15.6. The summed E-state index contributed by atoms with van der Waals surface area (Å²) in [5, 5.41) is 2.72. The maximum Gasteiger partial charge on any atom is 0.282 e. The number of halogens is 1. The molecule has 0 spiro atoms. The smallest absolute Gasteiger partial charge is 0.282 e. The molecule has 1 fully saturated rings. The molecule has 23 heavy (non-hydrogen) atoms. The minimum absolute atomic E-state index is 0.208. The average molecular weight is 404 g/mol. The van der Waals surface area contributed by atoms with Crippen LogP contribution in [-0.4, -0.2) is 49.6 Å². The van der Waals surface area contributed by atoms with E-state index in [9.17, 15) is 13.2 Å². The monoisotopic (exact) mass is 403 g/mol. The first-order chi connectivity index (χ1) is 10.9. The SMILES string of the molecule is CN(CC(=O)Nc1ccccc1Br)S(=O)(=O)N1CCCCCC1. The molecule has 1 N–H and O–H groups in total. The third-order valence-corrected chi connectivity index (χ3v) is 6.43. The van der Waals surface area contributed by atoms with Crippen LogP contribution in [0.15, 0.2) is 28.7 Å². The van der Waals surface area contributed by atoms with Gasteiger partial charge in [-0.1, -0.05) is 25.0 Å². The van der Waals surface area contributed by atoms with Crippen molar-refractivity contribution in [2.24, 2.45) is 0 Å². The molecule has 1 aromatic carbocycles. The highest BCUT2D eigenvalue weighted by atomic mass is 79.9. The number of hydrogen-bond acceptors (Lipinski definition) is 3. The van der Waals surface area contributed by atoms with Gasteiger partial charge in [0.05, 0.1) is 12.2 Å². The first kappa shape index (κ1) is 18.4. The number of rotatable bonds is 5. The van der Waals surface area contributed by atoms with Crippen molar-refractivity contribution in [1.82, 2.24) is 8.61 Å². The van der Waals surface area contributed by atoms with Gasteiger partial charge < -0.3 is 5.32 Å². The van der Waals surface area contributed by atoms with E-state index in [4.69, 9.17) is 0 Å². The Morgan fingerprint density at radius 2 is 1.83 bits per heavy atom. The zero-order chi connectivity index (χ0) is 16.9. The Morgan fingerprint density at radius 3 is 2.43 bits per heavy atom. The van der Waals surface area contributed by atoms with Gasteiger partial charge in [-0.15, -0.1) is 0 Å². The van der Waals surface area contributed by atoms with Crippen molar-refractivity contribution in [2.75, 3.05) is 32.0 Å². The fourth-order valence-electron chi connectivity index (χ4n) is 2.51. The van der Waals surface area contributed by atoms with Crippen molar-refractivity contribution < 1.29 is 13.2 Å². The maximum atomic E-state index is 12.6. The normalized spacial score (nSPS) is 17.0.